The predicted octanol–water partition coefficient (Wildman–Crippen LogP) is 3.95. The second-order valence-corrected chi connectivity index (χ2v) is 10.0. The van der Waals surface area contributed by atoms with E-state index < -0.39 is 14.4 Å². The highest BCUT2D eigenvalue weighted by atomic mass is 32.3. The van der Waals surface area contributed by atoms with Crippen LogP contribution in [0.3, 0.4) is 0 Å². The third kappa shape index (κ3) is 3.67. The molecule has 4 rings (SSSR count). The summed E-state index contributed by atoms with van der Waals surface area (Å²) < 4.78 is 30.8. The molecule has 0 saturated heterocycles. The van der Waals surface area contributed by atoms with Gasteiger partial charge in [0.25, 0.3) is 0 Å². The van der Waals surface area contributed by atoms with Crippen LogP contribution in [-0.4, -0.2) is 31.6 Å². The summed E-state index contributed by atoms with van der Waals surface area (Å²) in [4.78, 5) is 5.37. The number of nitriles is 1. The van der Waals surface area contributed by atoms with Crippen LogP contribution in [-0.2, 0) is 9.84 Å². The van der Waals surface area contributed by atoms with E-state index >= 15 is 0 Å². The van der Waals surface area contributed by atoms with Crippen molar-refractivity contribution >= 4 is 27.3 Å². The Morgan fingerprint density at radius 3 is 2.52 bits per heavy atom. The number of hydrogen-bond donors (Lipinski definition) is 1. The van der Waals surface area contributed by atoms with Gasteiger partial charge in [-0.3, -0.25) is 4.98 Å². The summed E-state index contributed by atoms with van der Waals surface area (Å²) in [5, 5.41) is 12.2. The number of methoxy groups -OCH3 is 1. The Morgan fingerprint density at radius 2 is 1.86 bits per heavy atom. The fourth-order valence-electron chi connectivity index (χ4n) is 3.09. The number of pyridine rings is 1. The molecule has 0 amide bonds. The summed E-state index contributed by atoms with van der Waals surface area (Å²) in [5.41, 5.74) is 3.08. The fraction of sp³-hybridized carbons (Fsp3) is 0.143. The van der Waals surface area contributed by atoms with Crippen molar-refractivity contribution in [1.29, 1.82) is 5.26 Å². The Kier molecular flexibility index (Phi) is 5.18. The van der Waals surface area contributed by atoms with Crippen molar-refractivity contribution in [1.82, 2.24) is 4.98 Å². The molecule has 8 heteroatoms. The average Bonchev–Trinajstić information content (AvgIpc) is 2.78. The van der Waals surface area contributed by atoms with Gasteiger partial charge in [-0.25, -0.2) is 8.42 Å². The Balaban J connectivity index is 1.69. The van der Waals surface area contributed by atoms with E-state index in [1.54, 1.807) is 55.9 Å². The number of nitrogens with one attached hydrogen (secondary N) is 1. The van der Waals surface area contributed by atoms with Crippen LogP contribution in [0, 0.1) is 11.3 Å². The highest BCUT2D eigenvalue weighted by Gasteiger charge is 2.33. The Labute approximate surface area is 173 Å². The van der Waals surface area contributed by atoms with E-state index in [9.17, 15) is 8.42 Å². The number of benzene rings is 2. The van der Waals surface area contributed by atoms with Crippen LogP contribution in [0.2, 0.25) is 0 Å². The molecule has 29 heavy (non-hydrogen) atoms. The molecule has 0 bridgehead atoms. The van der Waals surface area contributed by atoms with Gasteiger partial charge < -0.3 is 10.1 Å². The molecule has 3 aromatic rings. The Hall–Kier alpha value is -3.02. The van der Waals surface area contributed by atoms with Crippen molar-refractivity contribution < 1.29 is 13.2 Å². The van der Waals surface area contributed by atoms with E-state index in [2.05, 4.69) is 16.4 Å². The number of rotatable bonds is 4. The molecule has 2 aromatic carbocycles. The van der Waals surface area contributed by atoms with E-state index in [-0.39, 0.29) is 11.4 Å². The molecule has 0 aliphatic carbocycles. The molecular weight excluding hydrogens is 406 g/mol. The third-order valence-electron chi connectivity index (χ3n) is 4.66. The molecule has 1 aromatic heterocycles. The van der Waals surface area contributed by atoms with Gasteiger partial charge in [0.2, 0.25) is 0 Å². The van der Waals surface area contributed by atoms with Gasteiger partial charge in [0.05, 0.1) is 35.5 Å². The van der Waals surface area contributed by atoms with Gasteiger partial charge in [-0.05, 0) is 42.0 Å². The van der Waals surface area contributed by atoms with Crippen molar-refractivity contribution in [2.45, 2.75) is 14.4 Å². The first-order valence-electron chi connectivity index (χ1n) is 8.80. The topological polar surface area (TPSA) is 92.1 Å². The second kappa shape index (κ2) is 7.78. The summed E-state index contributed by atoms with van der Waals surface area (Å²) >= 11 is 1.31. The van der Waals surface area contributed by atoms with Gasteiger partial charge in [-0.15, -0.1) is 11.8 Å². The number of ether oxygens (including phenoxy) is 1. The van der Waals surface area contributed by atoms with Gasteiger partial charge in [0, 0.05) is 23.2 Å². The smallest absolute Gasteiger partial charge is 0.192 e. The van der Waals surface area contributed by atoms with Crippen LogP contribution in [0.25, 0.3) is 11.1 Å². The molecule has 1 atom stereocenters. The zero-order chi connectivity index (χ0) is 20.4. The Bertz CT molecular complexity index is 1190. The second-order valence-electron chi connectivity index (χ2n) is 6.40. The normalized spacial score (nSPS) is 15.7. The summed E-state index contributed by atoms with van der Waals surface area (Å²) in [7, 11) is -2.02. The summed E-state index contributed by atoms with van der Waals surface area (Å²) in [6, 6.07) is 15.7. The first-order valence-corrected chi connectivity index (χ1v) is 11.2. The molecule has 6 nitrogen and oxygen atoms in total. The molecule has 1 unspecified atom stereocenters. The molecule has 0 radical (unpaired) electrons. The largest absolute Gasteiger partial charge is 0.497 e. The summed E-state index contributed by atoms with van der Waals surface area (Å²) in [6.07, 6.45) is 3.42. The van der Waals surface area contributed by atoms with E-state index in [4.69, 9.17) is 10.00 Å². The number of fused-ring (bicyclic) bond motifs is 1. The van der Waals surface area contributed by atoms with Gasteiger partial charge in [0.15, 0.2) is 9.84 Å². The van der Waals surface area contributed by atoms with Crippen molar-refractivity contribution in [3.05, 3.63) is 66.5 Å². The van der Waals surface area contributed by atoms with Crippen molar-refractivity contribution in [3.63, 3.8) is 0 Å². The lowest BCUT2D eigenvalue weighted by Crippen LogP contribution is -2.29. The fourth-order valence-corrected chi connectivity index (χ4v) is 6.32. The van der Waals surface area contributed by atoms with Crippen LogP contribution in [0.4, 0.5) is 5.69 Å². The SMILES string of the molecule is COc1ccc(S(=O)(=O)C2CNc3cncc(-c4ccc(C#N)cc4)c3S2)cc1. The summed E-state index contributed by atoms with van der Waals surface area (Å²) in [6.45, 7) is 0.282. The van der Waals surface area contributed by atoms with E-state index in [0.717, 1.165) is 21.7 Å². The Morgan fingerprint density at radius 1 is 1.14 bits per heavy atom. The quantitative estimate of drug-likeness (QED) is 0.679. The predicted molar refractivity (Wildman–Crippen MR) is 113 cm³/mol. The summed E-state index contributed by atoms with van der Waals surface area (Å²) in [5.74, 6) is 0.609. The van der Waals surface area contributed by atoms with Crippen molar-refractivity contribution in [3.8, 4) is 22.9 Å². The van der Waals surface area contributed by atoms with Crippen LogP contribution >= 0.6 is 11.8 Å². The zero-order valence-corrected chi connectivity index (χ0v) is 17.1. The first kappa shape index (κ1) is 19.3. The monoisotopic (exact) mass is 423 g/mol. The maximum absolute atomic E-state index is 13.2. The minimum Gasteiger partial charge on any atom is -0.497 e. The molecule has 2 heterocycles. The highest BCUT2D eigenvalue weighted by molar-refractivity contribution is 8.13. The maximum atomic E-state index is 13.2. The van der Waals surface area contributed by atoms with Crippen LogP contribution in [0.1, 0.15) is 5.56 Å². The van der Waals surface area contributed by atoms with E-state index in [1.165, 1.54) is 11.8 Å². The maximum Gasteiger partial charge on any atom is 0.192 e. The van der Waals surface area contributed by atoms with E-state index in [0.29, 0.717) is 11.3 Å². The highest BCUT2D eigenvalue weighted by Crippen LogP contribution is 2.44. The lowest BCUT2D eigenvalue weighted by Gasteiger charge is -2.27. The molecule has 0 saturated carbocycles. The number of aromatic nitrogens is 1. The minimum absolute atomic E-state index is 0.259. The number of nitrogens with zero attached hydrogens (tertiary/aromatic N) is 2. The van der Waals surface area contributed by atoms with E-state index in [1.807, 2.05) is 12.1 Å². The minimum atomic E-state index is -3.56. The first-order chi connectivity index (χ1) is 14.0. The van der Waals surface area contributed by atoms with Crippen molar-refractivity contribution in [2.75, 3.05) is 19.0 Å². The number of anilines is 1. The van der Waals surface area contributed by atoms with Crippen LogP contribution in [0.5, 0.6) is 5.75 Å². The van der Waals surface area contributed by atoms with Gasteiger partial charge >= 0.3 is 0 Å². The van der Waals surface area contributed by atoms with Crippen molar-refractivity contribution in [2.24, 2.45) is 0 Å². The van der Waals surface area contributed by atoms with Gasteiger partial charge in [-0.2, -0.15) is 5.26 Å². The molecule has 0 spiro atoms. The van der Waals surface area contributed by atoms with Crippen LogP contribution in [0.15, 0.2) is 70.7 Å². The lowest BCUT2D eigenvalue weighted by atomic mass is 10.1. The van der Waals surface area contributed by atoms with Gasteiger partial charge in [-0.1, -0.05) is 12.1 Å². The third-order valence-corrected chi connectivity index (χ3v) is 8.61. The average molecular weight is 424 g/mol. The lowest BCUT2D eigenvalue weighted by molar-refractivity contribution is 0.414. The molecule has 146 valence electrons. The number of hydrogen-bond acceptors (Lipinski definition) is 7. The number of sulfone groups is 1. The molecular formula is C21H17N3O3S2. The standard InChI is InChI=1S/C21H17N3O3S2/c1-27-16-6-8-17(9-7-16)29(25,26)20-13-24-19-12-23-11-18(21(19)28-20)15-4-2-14(10-22)3-5-15/h2-9,11-12,20,24H,13H2,1H3. The molecule has 1 aliphatic heterocycles. The zero-order valence-electron chi connectivity index (χ0n) is 15.5. The number of thioether (sulfide) groups is 1. The molecule has 0 fully saturated rings. The molecule has 1 N–H and O–H groups in total. The van der Waals surface area contributed by atoms with Crippen LogP contribution < -0.4 is 10.1 Å². The van der Waals surface area contributed by atoms with Gasteiger partial charge in [0.1, 0.15) is 10.3 Å². The molecule has 1 aliphatic rings.